The van der Waals surface area contributed by atoms with Gasteiger partial charge in [0.05, 0.1) is 24.9 Å². The molecule has 2 saturated carbocycles. The summed E-state index contributed by atoms with van der Waals surface area (Å²) >= 11 is 0. The van der Waals surface area contributed by atoms with Crippen molar-refractivity contribution in [2.75, 3.05) is 7.11 Å². The number of hydrogen-bond donors (Lipinski definition) is 2. The number of carbonyl (C=O) groups excluding carboxylic acids is 1. The van der Waals surface area contributed by atoms with E-state index in [0.717, 1.165) is 62.5 Å². The van der Waals surface area contributed by atoms with Crippen LogP contribution in [0.25, 0.3) is 0 Å². The van der Waals surface area contributed by atoms with Crippen LogP contribution >= 0.6 is 0 Å². The zero-order valence-electron chi connectivity index (χ0n) is 17.0. The molecule has 0 aliphatic heterocycles. The van der Waals surface area contributed by atoms with Crippen LogP contribution in [0.5, 0.6) is 0 Å². The Hall–Kier alpha value is -1.39. The molecule has 0 unspecified atom stereocenters. The average molecular weight is 387 g/mol. The van der Waals surface area contributed by atoms with Crippen molar-refractivity contribution in [2.45, 2.75) is 82.8 Å². The van der Waals surface area contributed by atoms with E-state index in [9.17, 15) is 15.0 Å². The Bertz CT molecular complexity index is 707. The van der Waals surface area contributed by atoms with Gasteiger partial charge in [-0.3, -0.25) is 0 Å². The summed E-state index contributed by atoms with van der Waals surface area (Å²) in [7, 11) is 1.44. The third-order valence-electron chi connectivity index (χ3n) is 7.49. The number of aryl methyl sites for hydroxylation is 1. The van der Waals surface area contributed by atoms with E-state index in [1.807, 2.05) is 6.07 Å². The van der Waals surface area contributed by atoms with E-state index in [1.165, 1.54) is 31.9 Å². The van der Waals surface area contributed by atoms with E-state index in [-0.39, 0.29) is 18.2 Å². The third kappa shape index (κ3) is 4.13. The molecular formula is C24H34O4. The molecule has 0 heterocycles. The van der Waals surface area contributed by atoms with Gasteiger partial charge in [-0.15, -0.1) is 0 Å². The normalized spacial score (nSPS) is 28.5. The van der Waals surface area contributed by atoms with Crippen molar-refractivity contribution >= 4 is 5.97 Å². The summed E-state index contributed by atoms with van der Waals surface area (Å²) in [5, 5.41) is 20.7. The summed E-state index contributed by atoms with van der Waals surface area (Å²) in [6.45, 7) is 0. The second kappa shape index (κ2) is 8.54. The van der Waals surface area contributed by atoms with Gasteiger partial charge in [0.2, 0.25) is 0 Å². The van der Waals surface area contributed by atoms with E-state index >= 15 is 0 Å². The number of hydrogen-bond acceptors (Lipinski definition) is 4. The standard InChI is InChI=1S/C24H34O4/c1-28-24(27)22-10-15(7-8-23(26)16-5-3-2-4-6-16)9-19-11-17-12-20(25)13-18(17)14-21(19)22/h9-10,16-18,20,23,25-26H,2-8,11-14H2,1H3/t17-,18-,20-,23+/m1/s1. The summed E-state index contributed by atoms with van der Waals surface area (Å²) in [6, 6.07) is 4.24. The summed E-state index contributed by atoms with van der Waals surface area (Å²) in [4.78, 5) is 12.5. The lowest BCUT2D eigenvalue weighted by atomic mass is 9.75. The Kier molecular flexibility index (Phi) is 6.07. The molecule has 0 saturated heterocycles. The second-order valence-electron chi connectivity index (χ2n) is 9.33. The lowest BCUT2D eigenvalue weighted by Gasteiger charge is -2.30. The highest BCUT2D eigenvalue weighted by atomic mass is 16.5. The largest absolute Gasteiger partial charge is 0.465 e. The Morgan fingerprint density at radius 3 is 2.57 bits per heavy atom. The number of aliphatic hydroxyl groups is 2. The molecule has 4 rings (SSSR count). The monoisotopic (exact) mass is 386 g/mol. The molecule has 0 bridgehead atoms. The molecule has 0 aromatic heterocycles. The minimum absolute atomic E-state index is 0.198. The zero-order chi connectivity index (χ0) is 19.7. The van der Waals surface area contributed by atoms with Gasteiger partial charge in [-0.2, -0.15) is 0 Å². The fourth-order valence-corrected chi connectivity index (χ4v) is 5.95. The van der Waals surface area contributed by atoms with E-state index in [4.69, 9.17) is 4.74 Å². The summed E-state index contributed by atoms with van der Waals surface area (Å²) in [6.07, 6.45) is 10.7. The van der Waals surface area contributed by atoms with Crippen LogP contribution in [-0.4, -0.2) is 35.5 Å². The minimum Gasteiger partial charge on any atom is -0.465 e. The van der Waals surface area contributed by atoms with Crippen molar-refractivity contribution in [3.63, 3.8) is 0 Å². The molecule has 28 heavy (non-hydrogen) atoms. The third-order valence-corrected chi connectivity index (χ3v) is 7.49. The number of methoxy groups -OCH3 is 1. The van der Waals surface area contributed by atoms with Gasteiger partial charge in [-0.1, -0.05) is 25.3 Å². The topological polar surface area (TPSA) is 66.8 Å². The molecule has 3 aliphatic rings. The first-order chi connectivity index (χ1) is 13.5. The van der Waals surface area contributed by atoms with Crippen LogP contribution in [0, 0.1) is 17.8 Å². The zero-order valence-corrected chi connectivity index (χ0v) is 17.0. The maximum Gasteiger partial charge on any atom is 0.338 e. The number of esters is 1. The molecule has 0 radical (unpaired) electrons. The minimum atomic E-state index is -0.261. The number of fused-ring (bicyclic) bond motifs is 2. The van der Waals surface area contributed by atoms with E-state index in [2.05, 4.69) is 6.07 Å². The molecule has 2 N–H and O–H groups in total. The number of ether oxygens (including phenoxy) is 1. The quantitative estimate of drug-likeness (QED) is 0.755. The maximum absolute atomic E-state index is 12.5. The Morgan fingerprint density at radius 1 is 1.14 bits per heavy atom. The SMILES string of the molecule is COC(=O)c1cc(CC[C@H](O)C2CCCCC2)cc2c1C[C@H]1C[C@H](O)C[C@H]1C2. The first-order valence-corrected chi connectivity index (χ1v) is 11.1. The molecule has 0 amide bonds. The molecule has 4 atom stereocenters. The van der Waals surface area contributed by atoms with Gasteiger partial charge in [0.15, 0.2) is 0 Å². The molecule has 2 fully saturated rings. The van der Waals surface area contributed by atoms with Crippen molar-refractivity contribution in [1.82, 2.24) is 0 Å². The lowest BCUT2D eigenvalue weighted by Crippen LogP contribution is -2.25. The van der Waals surface area contributed by atoms with Crippen LogP contribution in [0.1, 0.15) is 78.4 Å². The Balaban J connectivity index is 1.52. The summed E-state index contributed by atoms with van der Waals surface area (Å²) in [5.74, 6) is 1.18. The van der Waals surface area contributed by atoms with Gasteiger partial charge >= 0.3 is 5.97 Å². The van der Waals surface area contributed by atoms with Gasteiger partial charge in [-0.25, -0.2) is 4.79 Å². The molecule has 0 spiro atoms. The van der Waals surface area contributed by atoms with E-state index in [0.29, 0.717) is 23.3 Å². The highest BCUT2D eigenvalue weighted by molar-refractivity contribution is 5.91. The van der Waals surface area contributed by atoms with Crippen molar-refractivity contribution in [3.8, 4) is 0 Å². The second-order valence-corrected chi connectivity index (χ2v) is 9.33. The number of rotatable bonds is 5. The van der Waals surface area contributed by atoms with Gasteiger partial charge in [0, 0.05) is 0 Å². The first-order valence-electron chi connectivity index (χ1n) is 11.1. The van der Waals surface area contributed by atoms with Crippen molar-refractivity contribution in [2.24, 2.45) is 17.8 Å². The summed E-state index contributed by atoms with van der Waals surface area (Å²) in [5.41, 5.74) is 4.20. The molecule has 154 valence electrons. The fourth-order valence-electron chi connectivity index (χ4n) is 5.95. The molecule has 4 nitrogen and oxygen atoms in total. The highest BCUT2D eigenvalue weighted by Gasteiger charge is 2.38. The van der Waals surface area contributed by atoms with Gasteiger partial charge < -0.3 is 14.9 Å². The molecule has 1 aromatic carbocycles. The van der Waals surface area contributed by atoms with Crippen molar-refractivity contribution in [1.29, 1.82) is 0 Å². The van der Waals surface area contributed by atoms with Crippen molar-refractivity contribution in [3.05, 3.63) is 34.4 Å². The first kappa shape index (κ1) is 19.9. The van der Waals surface area contributed by atoms with Gasteiger partial charge in [0.25, 0.3) is 0 Å². The molecule has 3 aliphatic carbocycles. The fraction of sp³-hybridized carbons (Fsp3) is 0.708. The predicted molar refractivity (Wildman–Crippen MR) is 108 cm³/mol. The van der Waals surface area contributed by atoms with Crippen LogP contribution in [0.2, 0.25) is 0 Å². The Labute approximate surface area is 168 Å². The predicted octanol–water partition coefficient (Wildman–Crippen LogP) is 3.83. The average Bonchev–Trinajstić information content (AvgIpc) is 3.08. The van der Waals surface area contributed by atoms with E-state index in [1.54, 1.807) is 0 Å². The Morgan fingerprint density at radius 2 is 1.86 bits per heavy atom. The summed E-state index contributed by atoms with van der Waals surface area (Å²) < 4.78 is 5.07. The van der Waals surface area contributed by atoms with Crippen LogP contribution in [0.15, 0.2) is 12.1 Å². The lowest BCUT2D eigenvalue weighted by molar-refractivity contribution is 0.0598. The van der Waals surface area contributed by atoms with Crippen molar-refractivity contribution < 1.29 is 19.7 Å². The van der Waals surface area contributed by atoms with Crippen LogP contribution in [-0.2, 0) is 24.0 Å². The smallest absolute Gasteiger partial charge is 0.338 e. The van der Waals surface area contributed by atoms with Crippen LogP contribution < -0.4 is 0 Å². The van der Waals surface area contributed by atoms with Crippen LogP contribution in [0.3, 0.4) is 0 Å². The van der Waals surface area contributed by atoms with Crippen LogP contribution in [0.4, 0.5) is 0 Å². The number of benzene rings is 1. The maximum atomic E-state index is 12.5. The highest BCUT2D eigenvalue weighted by Crippen LogP contribution is 2.43. The van der Waals surface area contributed by atoms with Gasteiger partial charge in [-0.05, 0) is 91.9 Å². The van der Waals surface area contributed by atoms with Gasteiger partial charge in [0.1, 0.15) is 0 Å². The molecular weight excluding hydrogens is 352 g/mol. The molecule has 4 heteroatoms. The molecule has 1 aromatic rings. The van der Waals surface area contributed by atoms with E-state index < -0.39 is 0 Å². The number of carbonyl (C=O) groups is 1. The number of aliphatic hydroxyl groups excluding tert-OH is 2.